The number of nitrogens with zero attached hydrogens (tertiary/aromatic N) is 2. The van der Waals surface area contributed by atoms with Gasteiger partial charge < -0.3 is 10.1 Å². The van der Waals surface area contributed by atoms with Crippen LogP contribution in [0.4, 0.5) is 15.9 Å². The van der Waals surface area contributed by atoms with Gasteiger partial charge in [0.05, 0.1) is 30.0 Å². The molecule has 0 bridgehead atoms. The van der Waals surface area contributed by atoms with Crippen LogP contribution in [0.25, 0.3) is 0 Å². The van der Waals surface area contributed by atoms with Crippen LogP contribution in [0.3, 0.4) is 0 Å². The normalized spacial score (nSPS) is 9.65. The van der Waals surface area contributed by atoms with Gasteiger partial charge in [0.15, 0.2) is 0 Å². The first-order valence-corrected chi connectivity index (χ1v) is 5.65. The Balaban J connectivity index is 2.26. The van der Waals surface area contributed by atoms with Crippen molar-refractivity contribution in [2.45, 2.75) is 0 Å². The zero-order chi connectivity index (χ0) is 14.5. The summed E-state index contributed by atoms with van der Waals surface area (Å²) in [5.74, 6) is -0.776. The van der Waals surface area contributed by atoms with Crippen LogP contribution in [0.15, 0.2) is 36.5 Å². The van der Waals surface area contributed by atoms with E-state index in [1.165, 1.54) is 37.6 Å². The highest BCUT2D eigenvalue weighted by Gasteiger charge is 2.08. The molecule has 0 aliphatic carbocycles. The van der Waals surface area contributed by atoms with Crippen LogP contribution in [0.5, 0.6) is 0 Å². The maximum Gasteiger partial charge on any atom is 0.338 e. The van der Waals surface area contributed by atoms with E-state index in [4.69, 9.17) is 5.26 Å². The van der Waals surface area contributed by atoms with Crippen molar-refractivity contribution in [1.82, 2.24) is 4.98 Å². The van der Waals surface area contributed by atoms with Crippen molar-refractivity contribution in [2.24, 2.45) is 0 Å². The van der Waals surface area contributed by atoms with Crippen molar-refractivity contribution in [1.29, 1.82) is 5.26 Å². The molecule has 1 heterocycles. The summed E-state index contributed by atoms with van der Waals surface area (Å²) in [4.78, 5) is 15.4. The number of benzene rings is 1. The fourth-order valence-corrected chi connectivity index (χ4v) is 1.57. The Labute approximate surface area is 114 Å². The Hall–Kier alpha value is -2.94. The fourth-order valence-electron chi connectivity index (χ4n) is 1.57. The van der Waals surface area contributed by atoms with E-state index in [2.05, 4.69) is 15.0 Å². The highest BCUT2D eigenvalue weighted by molar-refractivity contribution is 5.90. The van der Waals surface area contributed by atoms with E-state index in [-0.39, 0.29) is 11.3 Å². The molecule has 2 rings (SSSR count). The average molecular weight is 271 g/mol. The number of aromatic nitrogens is 1. The number of carbonyl (C=O) groups excluding carboxylic acids is 1. The third kappa shape index (κ3) is 2.90. The Morgan fingerprint density at radius 3 is 2.85 bits per heavy atom. The molecule has 1 N–H and O–H groups in total. The lowest BCUT2D eigenvalue weighted by Crippen LogP contribution is -2.03. The monoisotopic (exact) mass is 271 g/mol. The molecule has 0 atom stereocenters. The number of carbonyl (C=O) groups is 1. The third-order valence-corrected chi connectivity index (χ3v) is 2.54. The third-order valence-electron chi connectivity index (χ3n) is 2.54. The van der Waals surface area contributed by atoms with Gasteiger partial charge in [-0.25, -0.2) is 14.2 Å². The summed E-state index contributed by atoms with van der Waals surface area (Å²) in [5, 5.41) is 11.4. The van der Waals surface area contributed by atoms with Gasteiger partial charge in [-0.3, -0.25) is 0 Å². The largest absolute Gasteiger partial charge is 0.465 e. The topological polar surface area (TPSA) is 75.0 Å². The smallest absolute Gasteiger partial charge is 0.338 e. The van der Waals surface area contributed by atoms with E-state index in [0.717, 1.165) is 6.07 Å². The van der Waals surface area contributed by atoms with Gasteiger partial charge in [-0.2, -0.15) is 5.26 Å². The number of hydrogen-bond donors (Lipinski definition) is 1. The van der Waals surface area contributed by atoms with Gasteiger partial charge in [0.25, 0.3) is 0 Å². The second kappa shape index (κ2) is 5.80. The van der Waals surface area contributed by atoms with Crippen molar-refractivity contribution in [3.8, 4) is 6.07 Å². The van der Waals surface area contributed by atoms with Gasteiger partial charge >= 0.3 is 5.97 Å². The van der Waals surface area contributed by atoms with E-state index in [1.54, 1.807) is 0 Å². The van der Waals surface area contributed by atoms with Crippen molar-refractivity contribution in [3.63, 3.8) is 0 Å². The molecule has 20 heavy (non-hydrogen) atoms. The molecule has 6 heteroatoms. The summed E-state index contributed by atoms with van der Waals surface area (Å²) in [7, 11) is 1.27. The molecule has 0 amide bonds. The molecular weight excluding hydrogens is 261 g/mol. The van der Waals surface area contributed by atoms with Crippen molar-refractivity contribution >= 4 is 17.5 Å². The maximum absolute atomic E-state index is 13.7. The second-order valence-corrected chi connectivity index (χ2v) is 3.85. The highest BCUT2D eigenvalue weighted by Crippen LogP contribution is 2.20. The van der Waals surface area contributed by atoms with Crippen LogP contribution in [0, 0.1) is 17.1 Å². The van der Waals surface area contributed by atoms with Crippen LogP contribution >= 0.6 is 0 Å². The lowest BCUT2D eigenvalue weighted by molar-refractivity contribution is 0.0600. The van der Waals surface area contributed by atoms with Crippen molar-refractivity contribution < 1.29 is 13.9 Å². The van der Waals surface area contributed by atoms with Gasteiger partial charge in [-0.15, -0.1) is 0 Å². The Morgan fingerprint density at radius 1 is 1.40 bits per heavy atom. The predicted octanol–water partition coefficient (Wildman–Crippen LogP) is 2.62. The predicted molar refractivity (Wildman–Crippen MR) is 70.0 cm³/mol. The average Bonchev–Trinajstić information content (AvgIpc) is 2.48. The number of methoxy groups -OCH3 is 1. The van der Waals surface area contributed by atoms with Crippen LogP contribution in [-0.2, 0) is 4.74 Å². The molecule has 0 spiro atoms. The summed E-state index contributed by atoms with van der Waals surface area (Å²) in [6.45, 7) is 0. The summed E-state index contributed by atoms with van der Waals surface area (Å²) >= 11 is 0. The molecule has 0 fully saturated rings. The first-order chi connectivity index (χ1) is 9.63. The number of pyridine rings is 1. The van der Waals surface area contributed by atoms with E-state index < -0.39 is 11.8 Å². The lowest BCUT2D eigenvalue weighted by atomic mass is 10.2. The van der Waals surface area contributed by atoms with Crippen LogP contribution in [0.1, 0.15) is 15.9 Å². The first-order valence-electron chi connectivity index (χ1n) is 5.65. The first kappa shape index (κ1) is 13.5. The Kier molecular flexibility index (Phi) is 3.91. The van der Waals surface area contributed by atoms with Gasteiger partial charge in [0.2, 0.25) is 0 Å². The van der Waals surface area contributed by atoms with Gasteiger partial charge in [-0.05, 0) is 30.3 Å². The molecule has 0 radical (unpaired) electrons. The molecule has 0 unspecified atom stereocenters. The van der Waals surface area contributed by atoms with E-state index >= 15 is 0 Å². The van der Waals surface area contributed by atoms with Crippen LogP contribution in [-0.4, -0.2) is 18.1 Å². The number of ether oxygens (including phenoxy) is 1. The summed E-state index contributed by atoms with van der Waals surface area (Å²) in [6.07, 6.45) is 1.41. The molecule has 1 aromatic carbocycles. The van der Waals surface area contributed by atoms with Crippen LogP contribution in [0.2, 0.25) is 0 Å². The van der Waals surface area contributed by atoms with Gasteiger partial charge in [0, 0.05) is 6.20 Å². The van der Waals surface area contributed by atoms with E-state index in [1.807, 2.05) is 6.07 Å². The molecular formula is C14H10FN3O2. The standard InChI is InChI=1S/C14H10FN3O2/c1-20-14(19)10-4-5-17-13(7-10)18-12-3-2-9(8-16)6-11(12)15/h2-7H,1H3,(H,17,18). The van der Waals surface area contributed by atoms with E-state index in [0.29, 0.717) is 11.4 Å². The quantitative estimate of drug-likeness (QED) is 0.868. The minimum Gasteiger partial charge on any atom is -0.465 e. The summed E-state index contributed by atoms with van der Waals surface area (Å²) in [6, 6.07) is 8.82. The van der Waals surface area contributed by atoms with Crippen molar-refractivity contribution in [2.75, 3.05) is 12.4 Å². The molecule has 100 valence electrons. The fraction of sp³-hybridized carbons (Fsp3) is 0.0714. The highest BCUT2D eigenvalue weighted by atomic mass is 19.1. The van der Waals surface area contributed by atoms with Crippen molar-refractivity contribution in [3.05, 3.63) is 53.5 Å². The molecule has 0 aliphatic rings. The number of rotatable bonds is 3. The number of nitrogens with one attached hydrogen (secondary N) is 1. The number of halogens is 1. The van der Waals surface area contributed by atoms with E-state index in [9.17, 15) is 9.18 Å². The zero-order valence-electron chi connectivity index (χ0n) is 10.6. The number of nitriles is 1. The number of esters is 1. The molecule has 1 aromatic heterocycles. The summed E-state index contributed by atoms with van der Waals surface area (Å²) in [5.41, 5.74) is 0.696. The SMILES string of the molecule is COC(=O)c1ccnc(Nc2ccc(C#N)cc2F)c1. The molecule has 0 aliphatic heterocycles. The second-order valence-electron chi connectivity index (χ2n) is 3.85. The summed E-state index contributed by atoms with van der Waals surface area (Å²) < 4.78 is 18.3. The Morgan fingerprint density at radius 2 is 2.20 bits per heavy atom. The molecule has 2 aromatic rings. The minimum atomic E-state index is -0.575. The molecule has 0 saturated carbocycles. The lowest BCUT2D eigenvalue weighted by Gasteiger charge is -2.08. The van der Waals surface area contributed by atoms with Gasteiger partial charge in [-0.1, -0.05) is 0 Å². The Bertz CT molecular complexity index is 695. The number of anilines is 2. The minimum absolute atomic E-state index is 0.165. The molecule has 5 nitrogen and oxygen atoms in total. The maximum atomic E-state index is 13.7. The van der Waals surface area contributed by atoms with Gasteiger partial charge in [0.1, 0.15) is 11.6 Å². The van der Waals surface area contributed by atoms with Crippen LogP contribution < -0.4 is 5.32 Å². The molecule has 0 saturated heterocycles. The number of hydrogen-bond acceptors (Lipinski definition) is 5. The zero-order valence-corrected chi connectivity index (χ0v) is 10.6.